The van der Waals surface area contributed by atoms with Gasteiger partial charge in [-0.3, -0.25) is 4.79 Å². The number of hydrogen-bond acceptors (Lipinski definition) is 5. The summed E-state index contributed by atoms with van der Waals surface area (Å²) in [4.78, 5) is 11.6. The molecule has 0 bridgehead atoms. The first-order chi connectivity index (χ1) is 8.24. The Balaban J connectivity index is 1.93. The molecule has 0 aliphatic heterocycles. The molecule has 1 fully saturated rings. The van der Waals surface area contributed by atoms with E-state index >= 15 is 0 Å². The Labute approximate surface area is 103 Å². The van der Waals surface area contributed by atoms with Gasteiger partial charge in [-0.2, -0.15) is 0 Å². The van der Waals surface area contributed by atoms with Crippen LogP contribution in [0.25, 0.3) is 0 Å². The number of hydrogen-bond donors (Lipinski definition) is 1. The van der Waals surface area contributed by atoms with Gasteiger partial charge in [0, 0.05) is 26.2 Å². The molecule has 1 rings (SSSR count). The van der Waals surface area contributed by atoms with E-state index in [-0.39, 0.29) is 17.9 Å². The van der Waals surface area contributed by atoms with Crippen molar-refractivity contribution < 1.29 is 19.0 Å². The van der Waals surface area contributed by atoms with Gasteiger partial charge in [0.15, 0.2) is 0 Å². The van der Waals surface area contributed by atoms with Crippen LogP contribution in [0, 0.1) is 5.92 Å². The molecular formula is C12H23NO4. The molecule has 1 aliphatic rings. The van der Waals surface area contributed by atoms with E-state index in [1.807, 2.05) is 0 Å². The largest absolute Gasteiger partial charge is 0.465 e. The van der Waals surface area contributed by atoms with Crippen molar-refractivity contribution in [2.45, 2.75) is 31.7 Å². The molecule has 0 radical (unpaired) electrons. The Morgan fingerprint density at radius 2 is 2.06 bits per heavy atom. The maximum atomic E-state index is 11.6. The molecule has 0 saturated heterocycles. The summed E-state index contributed by atoms with van der Waals surface area (Å²) >= 11 is 0. The van der Waals surface area contributed by atoms with Crippen LogP contribution in [-0.4, -0.2) is 45.5 Å². The summed E-state index contributed by atoms with van der Waals surface area (Å²) < 4.78 is 15.3. The number of carbonyl (C=O) groups excluding carboxylic acids is 1. The molecule has 0 aromatic heterocycles. The van der Waals surface area contributed by atoms with Crippen LogP contribution < -0.4 is 5.73 Å². The number of nitrogens with two attached hydrogens (primary N) is 1. The Morgan fingerprint density at radius 3 is 2.71 bits per heavy atom. The molecule has 0 spiro atoms. The lowest BCUT2D eigenvalue weighted by Gasteiger charge is -2.10. The van der Waals surface area contributed by atoms with Gasteiger partial charge in [-0.15, -0.1) is 0 Å². The summed E-state index contributed by atoms with van der Waals surface area (Å²) in [5, 5.41) is 0. The van der Waals surface area contributed by atoms with Crippen LogP contribution in [0.3, 0.4) is 0 Å². The number of esters is 1. The van der Waals surface area contributed by atoms with E-state index in [1.165, 1.54) is 0 Å². The standard InChI is InChI=1S/C12H23NO4/c1-15-7-8-16-5-2-6-17-12(14)10-3-4-11(13)9-10/h10-11H,2-9,13H2,1H3. The molecule has 5 nitrogen and oxygen atoms in total. The van der Waals surface area contributed by atoms with Crippen LogP contribution in [0.2, 0.25) is 0 Å². The summed E-state index contributed by atoms with van der Waals surface area (Å²) in [6.45, 7) is 2.21. The first kappa shape index (κ1) is 14.4. The number of methoxy groups -OCH3 is 1. The molecule has 17 heavy (non-hydrogen) atoms. The van der Waals surface area contributed by atoms with Crippen LogP contribution in [0.5, 0.6) is 0 Å². The average molecular weight is 245 g/mol. The van der Waals surface area contributed by atoms with E-state index in [0.717, 1.165) is 25.7 Å². The average Bonchev–Trinajstić information content (AvgIpc) is 2.74. The maximum Gasteiger partial charge on any atom is 0.308 e. The first-order valence-corrected chi connectivity index (χ1v) is 6.23. The minimum Gasteiger partial charge on any atom is -0.465 e. The van der Waals surface area contributed by atoms with Crippen molar-refractivity contribution in [1.82, 2.24) is 0 Å². The van der Waals surface area contributed by atoms with Crippen molar-refractivity contribution >= 4 is 5.97 Å². The van der Waals surface area contributed by atoms with Crippen LogP contribution in [-0.2, 0) is 19.0 Å². The fraction of sp³-hybridized carbons (Fsp3) is 0.917. The molecule has 0 aromatic rings. The molecule has 1 saturated carbocycles. The van der Waals surface area contributed by atoms with E-state index < -0.39 is 0 Å². The lowest BCUT2D eigenvalue weighted by atomic mass is 10.1. The third-order valence-electron chi connectivity index (χ3n) is 2.92. The van der Waals surface area contributed by atoms with Crippen LogP contribution >= 0.6 is 0 Å². The first-order valence-electron chi connectivity index (χ1n) is 6.23. The van der Waals surface area contributed by atoms with Crippen molar-refractivity contribution in [1.29, 1.82) is 0 Å². The molecule has 1 aliphatic carbocycles. The van der Waals surface area contributed by atoms with Gasteiger partial charge in [-0.1, -0.05) is 0 Å². The Morgan fingerprint density at radius 1 is 1.24 bits per heavy atom. The quantitative estimate of drug-likeness (QED) is 0.504. The topological polar surface area (TPSA) is 70.8 Å². The second kappa shape index (κ2) is 8.44. The summed E-state index contributed by atoms with van der Waals surface area (Å²) in [5.41, 5.74) is 5.75. The maximum absolute atomic E-state index is 11.6. The molecule has 0 aromatic carbocycles. The SMILES string of the molecule is COCCOCCCOC(=O)C1CCC(N)C1. The monoisotopic (exact) mass is 245 g/mol. The highest BCUT2D eigenvalue weighted by Crippen LogP contribution is 2.25. The third kappa shape index (κ3) is 6.00. The second-order valence-corrected chi connectivity index (χ2v) is 4.40. The zero-order chi connectivity index (χ0) is 12.5. The van der Waals surface area contributed by atoms with Gasteiger partial charge in [-0.05, 0) is 19.3 Å². The Bertz CT molecular complexity index is 223. The van der Waals surface area contributed by atoms with Crippen molar-refractivity contribution in [3.63, 3.8) is 0 Å². The highest BCUT2D eigenvalue weighted by atomic mass is 16.5. The molecule has 2 atom stereocenters. The van der Waals surface area contributed by atoms with E-state index in [9.17, 15) is 4.79 Å². The molecule has 2 unspecified atom stereocenters. The Kier molecular flexibility index (Phi) is 7.16. The number of ether oxygens (including phenoxy) is 3. The highest BCUT2D eigenvalue weighted by Gasteiger charge is 2.28. The van der Waals surface area contributed by atoms with Crippen molar-refractivity contribution in [2.75, 3.05) is 33.5 Å². The van der Waals surface area contributed by atoms with E-state index in [0.29, 0.717) is 26.4 Å². The Hall–Kier alpha value is -0.650. The summed E-state index contributed by atoms with van der Waals surface area (Å²) in [5.74, 6) is -0.0887. The molecule has 100 valence electrons. The van der Waals surface area contributed by atoms with Gasteiger partial charge >= 0.3 is 5.97 Å². The minimum atomic E-state index is -0.102. The van der Waals surface area contributed by atoms with Gasteiger partial charge in [-0.25, -0.2) is 0 Å². The molecular weight excluding hydrogens is 222 g/mol. The van der Waals surface area contributed by atoms with E-state index in [1.54, 1.807) is 7.11 Å². The highest BCUT2D eigenvalue weighted by molar-refractivity contribution is 5.72. The molecule has 2 N–H and O–H groups in total. The van der Waals surface area contributed by atoms with E-state index in [4.69, 9.17) is 19.9 Å². The minimum absolute atomic E-state index is 0.0133. The van der Waals surface area contributed by atoms with Crippen molar-refractivity contribution in [3.8, 4) is 0 Å². The van der Waals surface area contributed by atoms with E-state index in [2.05, 4.69) is 0 Å². The van der Waals surface area contributed by atoms with Crippen LogP contribution in [0.4, 0.5) is 0 Å². The number of rotatable bonds is 8. The molecule has 0 heterocycles. The van der Waals surface area contributed by atoms with Crippen LogP contribution in [0.15, 0.2) is 0 Å². The lowest BCUT2D eigenvalue weighted by molar-refractivity contribution is -0.148. The number of carbonyl (C=O) groups is 1. The van der Waals surface area contributed by atoms with Gasteiger partial charge in [0.1, 0.15) is 0 Å². The van der Waals surface area contributed by atoms with Gasteiger partial charge in [0.25, 0.3) is 0 Å². The lowest BCUT2D eigenvalue weighted by Crippen LogP contribution is -2.20. The fourth-order valence-electron chi connectivity index (χ4n) is 1.93. The second-order valence-electron chi connectivity index (χ2n) is 4.40. The van der Waals surface area contributed by atoms with Crippen molar-refractivity contribution in [2.24, 2.45) is 11.7 Å². The predicted octanol–water partition coefficient (Wildman–Crippen LogP) is 0.710. The third-order valence-corrected chi connectivity index (χ3v) is 2.92. The zero-order valence-corrected chi connectivity index (χ0v) is 10.5. The van der Waals surface area contributed by atoms with Gasteiger partial charge < -0.3 is 19.9 Å². The summed E-state index contributed by atoms with van der Waals surface area (Å²) in [7, 11) is 1.64. The fourth-order valence-corrected chi connectivity index (χ4v) is 1.93. The van der Waals surface area contributed by atoms with Crippen LogP contribution in [0.1, 0.15) is 25.7 Å². The van der Waals surface area contributed by atoms with Gasteiger partial charge in [0.2, 0.25) is 0 Å². The van der Waals surface area contributed by atoms with Gasteiger partial charge in [0.05, 0.1) is 25.7 Å². The zero-order valence-electron chi connectivity index (χ0n) is 10.5. The normalized spacial score (nSPS) is 23.9. The summed E-state index contributed by atoms with van der Waals surface area (Å²) in [6, 6.07) is 0.171. The molecule has 5 heteroatoms. The summed E-state index contributed by atoms with van der Waals surface area (Å²) in [6.07, 6.45) is 3.29. The van der Waals surface area contributed by atoms with Crippen molar-refractivity contribution in [3.05, 3.63) is 0 Å². The smallest absolute Gasteiger partial charge is 0.308 e. The predicted molar refractivity (Wildman–Crippen MR) is 63.6 cm³/mol. The molecule has 0 amide bonds.